The summed E-state index contributed by atoms with van der Waals surface area (Å²) < 4.78 is 0. The highest BCUT2D eigenvalue weighted by Crippen LogP contribution is 2.29. The third kappa shape index (κ3) is 3.30. The van der Waals surface area contributed by atoms with Crippen LogP contribution in [-0.2, 0) is 12.8 Å². The summed E-state index contributed by atoms with van der Waals surface area (Å²) in [6, 6.07) is 17.5. The van der Waals surface area contributed by atoms with Gasteiger partial charge in [0, 0.05) is 51.0 Å². The first-order valence-electron chi connectivity index (χ1n) is 8.55. The van der Waals surface area contributed by atoms with Crippen LogP contribution in [0.25, 0.3) is 0 Å². The number of fused-ring (bicyclic) bond motifs is 1. The van der Waals surface area contributed by atoms with Gasteiger partial charge in [0.1, 0.15) is 0 Å². The molecule has 0 atom stereocenters. The molecule has 0 radical (unpaired) electrons. The molecule has 23 heavy (non-hydrogen) atoms. The van der Waals surface area contributed by atoms with Crippen LogP contribution < -0.4 is 4.90 Å². The summed E-state index contributed by atoms with van der Waals surface area (Å²) in [6.07, 6.45) is 4.15. The van der Waals surface area contributed by atoms with E-state index in [1.54, 1.807) is 0 Å². The Hall–Kier alpha value is -2.13. The average molecular weight is 305 g/mol. The Morgan fingerprint density at radius 1 is 0.913 bits per heavy atom. The first-order chi connectivity index (χ1) is 11.4. The zero-order chi connectivity index (χ0) is 15.5. The molecule has 2 heterocycles. The van der Waals surface area contributed by atoms with E-state index in [1.807, 2.05) is 6.21 Å². The molecule has 2 aliphatic heterocycles. The van der Waals surface area contributed by atoms with E-state index < -0.39 is 0 Å². The molecule has 4 rings (SSSR count). The van der Waals surface area contributed by atoms with E-state index in [0.717, 1.165) is 51.3 Å². The fourth-order valence-electron chi connectivity index (χ4n) is 3.46. The number of hydrogen-bond donors (Lipinski definition) is 0. The van der Waals surface area contributed by atoms with Crippen LogP contribution in [0.15, 0.2) is 53.5 Å². The number of nitrogens with zero attached hydrogens (tertiary/aromatic N) is 3. The molecule has 2 aliphatic rings. The van der Waals surface area contributed by atoms with Crippen molar-refractivity contribution in [2.45, 2.75) is 12.8 Å². The second kappa shape index (κ2) is 6.55. The predicted molar refractivity (Wildman–Crippen MR) is 97.1 cm³/mol. The lowest BCUT2D eigenvalue weighted by Gasteiger charge is -2.36. The highest BCUT2D eigenvalue weighted by molar-refractivity contribution is 5.77. The molecule has 0 N–H and O–H groups in total. The third-order valence-corrected chi connectivity index (χ3v) is 4.90. The number of aliphatic imine (C=N–C) groups is 1. The molecular formula is C20H23N3. The van der Waals surface area contributed by atoms with Gasteiger partial charge in [0.15, 0.2) is 0 Å². The zero-order valence-corrected chi connectivity index (χ0v) is 13.5. The van der Waals surface area contributed by atoms with Crippen LogP contribution in [0, 0.1) is 0 Å². The maximum absolute atomic E-state index is 4.40. The number of hydrogen-bond acceptors (Lipinski definition) is 3. The summed E-state index contributed by atoms with van der Waals surface area (Å²) in [6.45, 7) is 5.71. The predicted octanol–water partition coefficient (Wildman–Crippen LogP) is 3.31. The number of piperazine rings is 1. The lowest BCUT2D eigenvalue weighted by atomic mass is 10.1. The molecular weight excluding hydrogens is 282 g/mol. The highest BCUT2D eigenvalue weighted by atomic mass is 15.3. The maximum Gasteiger partial charge on any atom is 0.0663 e. The Labute approximate surface area is 138 Å². The molecule has 118 valence electrons. The van der Waals surface area contributed by atoms with Crippen LogP contribution in [0.5, 0.6) is 0 Å². The van der Waals surface area contributed by atoms with Gasteiger partial charge in [-0.3, -0.25) is 9.89 Å². The van der Waals surface area contributed by atoms with Crippen molar-refractivity contribution in [3.05, 3.63) is 59.7 Å². The molecule has 0 unspecified atom stereocenters. The highest BCUT2D eigenvalue weighted by Gasteiger charge is 2.18. The molecule has 0 aromatic heterocycles. The molecule has 0 amide bonds. The molecule has 2 aromatic carbocycles. The minimum absolute atomic E-state index is 0.986. The zero-order valence-electron chi connectivity index (χ0n) is 13.5. The smallest absolute Gasteiger partial charge is 0.0663 e. The summed E-state index contributed by atoms with van der Waals surface area (Å²) in [7, 11) is 0. The first-order valence-corrected chi connectivity index (χ1v) is 8.55. The summed E-state index contributed by atoms with van der Waals surface area (Å²) in [5.74, 6) is 0. The fraction of sp³-hybridized carbons (Fsp3) is 0.350. The molecule has 2 aromatic rings. The van der Waals surface area contributed by atoms with Gasteiger partial charge in [-0.25, -0.2) is 0 Å². The molecule has 3 heteroatoms. The van der Waals surface area contributed by atoms with Crippen molar-refractivity contribution in [1.29, 1.82) is 0 Å². The van der Waals surface area contributed by atoms with Crippen molar-refractivity contribution in [3.63, 3.8) is 0 Å². The van der Waals surface area contributed by atoms with Gasteiger partial charge < -0.3 is 4.90 Å². The quantitative estimate of drug-likeness (QED) is 0.863. The second-order valence-electron chi connectivity index (χ2n) is 6.39. The van der Waals surface area contributed by atoms with Gasteiger partial charge in [-0.15, -0.1) is 0 Å². The van der Waals surface area contributed by atoms with Crippen molar-refractivity contribution in [1.82, 2.24) is 4.90 Å². The van der Waals surface area contributed by atoms with Crippen LogP contribution >= 0.6 is 0 Å². The largest absolute Gasteiger partial charge is 0.369 e. The number of benzene rings is 2. The first kappa shape index (κ1) is 14.5. The van der Waals surface area contributed by atoms with E-state index >= 15 is 0 Å². The van der Waals surface area contributed by atoms with E-state index in [2.05, 4.69) is 63.3 Å². The molecule has 0 aliphatic carbocycles. The standard InChI is InChI=1S/C20H23N3/c1-2-4-17(5-3-1)9-11-22-12-14-23(15-13-22)19-6-7-20-18(16-19)8-10-21-20/h1-7,10,16H,8-9,11-15H2. The molecule has 0 spiro atoms. The summed E-state index contributed by atoms with van der Waals surface area (Å²) in [5, 5.41) is 0. The van der Waals surface area contributed by atoms with Gasteiger partial charge in [-0.1, -0.05) is 30.3 Å². The van der Waals surface area contributed by atoms with E-state index in [-0.39, 0.29) is 0 Å². The Kier molecular flexibility index (Phi) is 4.12. The van der Waals surface area contributed by atoms with E-state index in [0.29, 0.717) is 0 Å². The van der Waals surface area contributed by atoms with Crippen molar-refractivity contribution in [2.75, 3.05) is 37.6 Å². The lowest BCUT2D eigenvalue weighted by molar-refractivity contribution is 0.261. The van der Waals surface area contributed by atoms with Crippen LogP contribution in [0.3, 0.4) is 0 Å². The minimum atomic E-state index is 0.986. The van der Waals surface area contributed by atoms with Gasteiger partial charge in [0.05, 0.1) is 5.69 Å². The van der Waals surface area contributed by atoms with E-state index in [9.17, 15) is 0 Å². The topological polar surface area (TPSA) is 18.8 Å². The Bertz CT molecular complexity index is 685. The number of rotatable bonds is 4. The third-order valence-electron chi connectivity index (χ3n) is 4.90. The van der Waals surface area contributed by atoms with Crippen LogP contribution in [0.4, 0.5) is 11.4 Å². The number of anilines is 1. The van der Waals surface area contributed by atoms with Crippen LogP contribution in [0.1, 0.15) is 11.1 Å². The van der Waals surface area contributed by atoms with Crippen molar-refractivity contribution < 1.29 is 0 Å². The van der Waals surface area contributed by atoms with Gasteiger partial charge >= 0.3 is 0 Å². The molecule has 0 saturated carbocycles. The second-order valence-corrected chi connectivity index (χ2v) is 6.39. The van der Waals surface area contributed by atoms with E-state index in [4.69, 9.17) is 0 Å². The maximum atomic E-state index is 4.40. The average Bonchev–Trinajstić information content (AvgIpc) is 3.09. The van der Waals surface area contributed by atoms with Crippen molar-refractivity contribution in [3.8, 4) is 0 Å². The van der Waals surface area contributed by atoms with Gasteiger partial charge in [0.2, 0.25) is 0 Å². The summed E-state index contributed by atoms with van der Waals surface area (Å²) in [4.78, 5) is 9.49. The van der Waals surface area contributed by atoms with Crippen molar-refractivity contribution in [2.24, 2.45) is 4.99 Å². The Morgan fingerprint density at radius 3 is 2.57 bits per heavy atom. The summed E-state index contributed by atoms with van der Waals surface area (Å²) >= 11 is 0. The van der Waals surface area contributed by atoms with E-state index in [1.165, 1.54) is 16.8 Å². The van der Waals surface area contributed by atoms with Crippen LogP contribution in [-0.4, -0.2) is 43.8 Å². The van der Waals surface area contributed by atoms with Crippen LogP contribution in [0.2, 0.25) is 0 Å². The monoisotopic (exact) mass is 305 g/mol. The summed E-state index contributed by atoms with van der Waals surface area (Å²) in [5.41, 5.74) is 5.31. The SMILES string of the molecule is C1=Nc2ccc(N3CCN(CCc4ccccc4)CC3)cc2C1. The van der Waals surface area contributed by atoms with Crippen molar-refractivity contribution >= 4 is 17.6 Å². The Balaban J connectivity index is 1.31. The van der Waals surface area contributed by atoms with Gasteiger partial charge in [-0.05, 0) is 35.7 Å². The molecule has 1 saturated heterocycles. The molecule has 0 bridgehead atoms. The van der Waals surface area contributed by atoms with Gasteiger partial charge in [-0.2, -0.15) is 0 Å². The molecule has 3 nitrogen and oxygen atoms in total. The lowest BCUT2D eigenvalue weighted by Crippen LogP contribution is -2.47. The normalized spacial score (nSPS) is 17.5. The minimum Gasteiger partial charge on any atom is -0.369 e. The Morgan fingerprint density at radius 2 is 1.74 bits per heavy atom. The fourth-order valence-corrected chi connectivity index (χ4v) is 3.46. The molecule has 1 fully saturated rings. The van der Waals surface area contributed by atoms with Gasteiger partial charge in [0.25, 0.3) is 0 Å².